The number of benzene rings is 1. The van der Waals surface area contributed by atoms with Crippen molar-refractivity contribution in [1.29, 1.82) is 0 Å². The predicted octanol–water partition coefficient (Wildman–Crippen LogP) is 2.84. The lowest BCUT2D eigenvalue weighted by Gasteiger charge is -2.13. The number of hydrogen-bond donors (Lipinski definition) is 2. The summed E-state index contributed by atoms with van der Waals surface area (Å²) < 4.78 is 10.9. The minimum Gasteiger partial charge on any atom is -0.496 e. The Balaban J connectivity index is 0.00000484. The van der Waals surface area contributed by atoms with E-state index in [0.29, 0.717) is 6.61 Å². The highest BCUT2D eigenvalue weighted by Gasteiger charge is 2.02. The maximum Gasteiger partial charge on any atom is 0.191 e. The second-order valence-corrected chi connectivity index (χ2v) is 4.95. The van der Waals surface area contributed by atoms with Crippen molar-refractivity contribution in [3.63, 3.8) is 0 Å². The topological polar surface area (TPSA) is 54.9 Å². The Kier molecular flexibility index (Phi) is 13.9. The summed E-state index contributed by atoms with van der Waals surface area (Å²) in [6, 6.07) is 8.07. The van der Waals surface area contributed by atoms with E-state index in [2.05, 4.69) is 28.6 Å². The summed E-state index contributed by atoms with van der Waals surface area (Å²) in [5, 5.41) is 6.54. The highest BCUT2D eigenvalue weighted by atomic mass is 127. The van der Waals surface area contributed by atoms with Crippen molar-refractivity contribution in [2.24, 2.45) is 4.99 Å². The summed E-state index contributed by atoms with van der Waals surface area (Å²) in [6.45, 7) is 5.26. The van der Waals surface area contributed by atoms with E-state index < -0.39 is 0 Å². The van der Waals surface area contributed by atoms with Crippen LogP contribution in [0.15, 0.2) is 29.3 Å². The van der Waals surface area contributed by atoms with E-state index in [-0.39, 0.29) is 24.0 Å². The number of methoxy groups -OCH3 is 1. The Morgan fingerprint density at radius 1 is 1.13 bits per heavy atom. The van der Waals surface area contributed by atoms with Gasteiger partial charge in [0.2, 0.25) is 0 Å². The fourth-order valence-electron chi connectivity index (χ4n) is 2.04. The number of unbranched alkanes of at least 4 members (excludes halogenated alkanes) is 1. The molecular weight excluding hydrogens is 405 g/mol. The molecular formula is C17H30IN3O2. The molecule has 23 heavy (non-hydrogen) atoms. The first-order valence-corrected chi connectivity index (χ1v) is 7.96. The maximum absolute atomic E-state index is 5.51. The molecule has 1 aromatic carbocycles. The molecule has 5 nitrogen and oxygen atoms in total. The molecule has 0 spiro atoms. The Labute approximate surface area is 157 Å². The number of rotatable bonds is 10. The smallest absolute Gasteiger partial charge is 0.191 e. The van der Waals surface area contributed by atoms with Crippen LogP contribution < -0.4 is 15.4 Å². The van der Waals surface area contributed by atoms with Crippen LogP contribution in [-0.2, 0) is 11.2 Å². The minimum absolute atomic E-state index is 0. The summed E-state index contributed by atoms with van der Waals surface area (Å²) in [6.07, 6.45) is 3.17. The lowest BCUT2D eigenvalue weighted by molar-refractivity contribution is 0.136. The quantitative estimate of drug-likeness (QED) is 0.257. The fourth-order valence-corrected chi connectivity index (χ4v) is 2.04. The number of nitrogens with one attached hydrogen (secondary N) is 2. The van der Waals surface area contributed by atoms with Crippen molar-refractivity contribution >= 4 is 29.9 Å². The first-order chi connectivity index (χ1) is 10.8. The van der Waals surface area contributed by atoms with Gasteiger partial charge in [0.15, 0.2) is 5.96 Å². The van der Waals surface area contributed by atoms with Crippen molar-refractivity contribution in [3.8, 4) is 5.75 Å². The van der Waals surface area contributed by atoms with Gasteiger partial charge in [-0.25, -0.2) is 0 Å². The predicted molar refractivity (Wildman–Crippen MR) is 107 cm³/mol. The first kappa shape index (κ1) is 22.0. The van der Waals surface area contributed by atoms with Gasteiger partial charge in [0.25, 0.3) is 0 Å². The summed E-state index contributed by atoms with van der Waals surface area (Å²) in [7, 11) is 3.47. The number of ether oxygens (including phenoxy) is 2. The average molecular weight is 435 g/mol. The fraction of sp³-hybridized carbons (Fsp3) is 0.588. The Morgan fingerprint density at radius 2 is 1.87 bits per heavy atom. The van der Waals surface area contributed by atoms with Crippen LogP contribution >= 0.6 is 24.0 Å². The molecule has 1 rings (SSSR count). The highest BCUT2D eigenvalue weighted by molar-refractivity contribution is 14.0. The van der Waals surface area contributed by atoms with Crippen molar-refractivity contribution < 1.29 is 9.47 Å². The largest absolute Gasteiger partial charge is 0.496 e. The molecule has 0 heterocycles. The second kappa shape index (κ2) is 14.6. The normalized spacial score (nSPS) is 10.8. The minimum atomic E-state index is 0. The lowest BCUT2D eigenvalue weighted by Crippen LogP contribution is -2.39. The van der Waals surface area contributed by atoms with Crippen molar-refractivity contribution in [3.05, 3.63) is 29.8 Å². The first-order valence-electron chi connectivity index (χ1n) is 7.96. The van der Waals surface area contributed by atoms with Crippen LogP contribution in [0, 0.1) is 0 Å². The number of guanidine groups is 1. The molecule has 0 amide bonds. The van der Waals surface area contributed by atoms with Gasteiger partial charge >= 0.3 is 0 Å². The highest BCUT2D eigenvalue weighted by Crippen LogP contribution is 2.17. The van der Waals surface area contributed by atoms with Crippen molar-refractivity contribution in [2.45, 2.75) is 26.2 Å². The van der Waals surface area contributed by atoms with Gasteiger partial charge in [0.05, 0.1) is 13.7 Å². The van der Waals surface area contributed by atoms with Gasteiger partial charge in [-0.3, -0.25) is 4.99 Å². The molecule has 0 fully saturated rings. The number of halogens is 1. The molecule has 0 unspecified atom stereocenters. The molecule has 1 aromatic rings. The molecule has 0 aliphatic rings. The summed E-state index contributed by atoms with van der Waals surface area (Å²) >= 11 is 0. The molecule has 132 valence electrons. The lowest BCUT2D eigenvalue weighted by atomic mass is 10.1. The van der Waals surface area contributed by atoms with Crippen LogP contribution in [0.1, 0.15) is 25.3 Å². The van der Waals surface area contributed by atoms with E-state index >= 15 is 0 Å². The van der Waals surface area contributed by atoms with Gasteiger partial charge in [0.1, 0.15) is 5.75 Å². The van der Waals surface area contributed by atoms with Crippen molar-refractivity contribution in [2.75, 3.05) is 40.5 Å². The molecule has 0 bridgehead atoms. The Morgan fingerprint density at radius 3 is 2.57 bits per heavy atom. The van der Waals surface area contributed by atoms with E-state index in [0.717, 1.165) is 44.2 Å². The third kappa shape index (κ3) is 9.65. The zero-order chi connectivity index (χ0) is 16.0. The van der Waals surface area contributed by atoms with E-state index in [9.17, 15) is 0 Å². The Hall–Kier alpha value is -1.02. The van der Waals surface area contributed by atoms with Gasteiger partial charge in [-0.2, -0.15) is 0 Å². The molecule has 2 N–H and O–H groups in total. The molecule has 0 atom stereocenters. The van der Waals surface area contributed by atoms with Crippen LogP contribution in [-0.4, -0.2) is 46.4 Å². The van der Waals surface area contributed by atoms with E-state index in [1.807, 2.05) is 18.2 Å². The van der Waals surface area contributed by atoms with Crippen LogP contribution in [0.4, 0.5) is 0 Å². The Bertz CT molecular complexity index is 442. The SMILES string of the molecule is CCCCOCCNC(=NC)NCCc1ccccc1OC.I. The molecule has 0 saturated carbocycles. The van der Waals surface area contributed by atoms with Gasteiger partial charge in [-0.1, -0.05) is 31.5 Å². The zero-order valence-electron chi connectivity index (χ0n) is 14.4. The van der Waals surface area contributed by atoms with Gasteiger partial charge in [-0.05, 0) is 24.5 Å². The van der Waals surface area contributed by atoms with Crippen molar-refractivity contribution in [1.82, 2.24) is 10.6 Å². The van der Waals surface area contributed by atoms with E-state index in [1.165, 1.54) is 12.0 Å². The summed E-state index contributed by atoms with van der Waals surface area (Å²) in [5.74, 6) is 1.73. The van der Waals surface area contributed by atoms with Gasteiger partial charge in [0, 0.05) is 26.7 Å². The maximum atomic E-state index is 5.51. The molecule has 0 saturated heterocycles. The monoisotopic (exact) mass is 435 g/mol. The molecule has 0 aliphatic carbocycles. The van der Waals surface area contributed by atoms with Crippen LogP contribution in [0.2, 0.25) is 0 Å². The third-order valence-electron chi connectivity index (χ3n) is 3.28. The molecule has 6 heteroatoms. The van der Waals surface area contributed by atoms with Crippen LogP contribution in [0.25, 0.3) is 0 Å². The molecule has 0 radical (unpaired) electrons. The molecule has 0 aromatic heterocycles. The summed E-state index contributed by atoms with van der Waals surface area (Å²) in [4.78, 5) is 4.20. The number of nitrogens with zero attached hydrogens (tertiary/aromatic N) is 1. The zero-order valence-corrected chi connectivity index (χ0v) is 16.8. The summed E-state index contributed by atoms with van der Waals surface area (Å²) in [5.41, 5.74) is 1.19. The van der Waals surface area contributed by atoms with Gasteiger partial charge < -0.3 is 20.1 Å². The third-order valence-corrected chi connectivity index (χ3v) is 3.28. The average Bonchev–Trinajstić information content (AvgIpc) is 2.56. The number of hydrogen-bond acceptors (Lipinski definition) is 3. The second-order valence-electron chi connectivity index (χ2n) is 4.95. The van der Waals surface area contributed by atoms with Gasteiger partial charge in [-0.15, -0.1) is 24.0 Å². The molecule has 0 aliphatic heterocycles. The standard InChI is InChI=1S/C17H29N3O2.HI/c1-4-5-13-22-14-12-20-17(18-2)19-11-10-15-8-6-7-9-16(15)21-3;/h6-9H,4-5,10-14H2,1-3H3,(H2,18,19,20);1H. The number of aliphatic imine (C=N–C) groups is 1. The van der Waals surface area contributed by atoms with Crippen LogP contribution in [0.3, 0.4) is 0 Å². The van der Waals surface area contributed by atoms with E-state index in [1.54, 1.807) is 14.2 Å². The van der Waals surface area contributed by atoms with E-state index in [4.69, 9.17) is 9.47 Å². The van der Waals surface area contributed by atoms with Crippen LogP contribution in [0.5, 0.6) is 5.75 Å². The number of para-hydroxylation sites is 1.